The van der Waals surface area contributed by atoms with Gasteiger partial charge in [0.05, 0.1) is 18.3 Å². The molecule has 0 aromatic heterocycles. The lowest BCUT2D eigenvalue weighted by atomic mass is 9.88. The number of hydrogen-bond acceptors (Lipinski definition) is 4. The van der Waals surface area contributed by atoms with Crippen LogP contribution in [0.1, 0.15) is 66.7 Å². The number of carboxylic acids is 1. The molecule has 2 aliphatic heterocycles. The largest absolute Gasteiger partial charge is 0.479 e. The van der Waals surface area contributed by atoms with Crippen molar-refractivity contribution in [2.45, 2.75) is 84.0 Å². The number of rotatable bonds is 8. The monoisotopic (exact) mass is 352 g/mol. The van der Waals surface area contributed by atoms with Crippen LogP contribution in [0.25, 0.3) is 0 Å². The Morgan fingerprint density at radius 3 is 2.60 bits per heavy atom. The Hall–Kier alpha value is -1.20. The van der Waals surface area contributed by atoms with E-state index in [-0.39, 0.29) is 24.4 Å². The van der Waals surface area contributed by atoms with Crippen LogP contribution in [-0.2, 0) is 19.1 Å². The number of allylic oxidation sites excluding steroid dienone is 2. The molecule has 4 atom stereocenters. The van der Waals surface area contributed by atoms with Gasteiger partial charge < -0.3 is 14.6 Å². The number of carbonyl (C=O) groups is 2. The van der Waals surface area contributed by atoms with Crippen molar-refractivity contribution in [3.8, 4) is 0 Å². The molecule has 2 rings (SSSR count). The van der Waals surface area contributed by atoms with E-state index in [4.69, 9.17) is 9.47 Å². The third kappa shape index (κ3) is 4.32. The number of carboxylic acid groups (broad SMARTS) is 1. The lowest BCUT2D eigenvalue weighted by Gasteiger charge is -2.42. The van der Waals surface area contributed by atoms with Crippen molar-refractivity contribution in [2.24, 2.45) is 11.8 Å². The summed E-state index contributed by atoms with van der Waals surface area (Å²) in [7, 11) is 0. The van der Waals surface area contributed by atoms with Crippen LogP contribution in [0.2, 0.25) is 0 Å². The van der Waals surface area contributed by atoms with Crippen LogP contribution in [0.3, 0.4) is 0 Å². The predicted octanol–water partition coefficient (Wildman–Crippen LogP) is 3.76. The van der Waals surface area contributed by atoms with E-state index in [1.54, 1.807) is 6.08 Å². The van der Waals surface area contributed by atoms with E-state index < -0.39 is 17.2 Å². The Morgan fingerprint density at radius 2 is 2.00 bits per heavy atom. The molecule has 1 unspecified atom stereocenters. The maximum atomic E-state index is 12.3. The van der Waals surface area contributed by atoms with Crippen molar-refractivity contribution in [1.82, 2.24) is 0 Å². The second-order valence-electron chi connectivity index (χ2n) is 8.28. The average Bonchev–Trinajstić information content (AvgIpc) is 2.94. The quantitative estimate of drug-likeness (QED) is 0.674. The molecular formula is C20H32O5. The van der Waals surface area contributed by atoms with Gasteiger partial charge in [-0.05, 0) is 57.9 Å². The summed E-state index contributed by atoms with van der Waals surface area (Å²) in [5.41, 5.74) is -0.488. The summed E-state index contributed by atoms with van der Waals surface area (Å²) in [6, 6.07) is 0. The first-order valence-electron chi connectivity index (χ1n) is 9.37. The van der Waals surface area contributed by atoms with Gasteiger partial charge in [0, 0.05) is 5.92 Å². The van der Waals surface area contributed by atoms with E-state index in [2.05, 4.69) is 13.8 Å². The molecule has 2 bridgehead atoms. The van der Waals surface area contributed by atoms with Crippen molar-refractivity contribution in [3.63, 3.8) is 0 Å². The Bertz CT molecular complexity index is 552. The highest BCUT2D eigenvalue weighted by Crippen LogP contribution is 2.44. The van der Waals surface area contributed by atoms with Gasteiger partial charge in [-0.1, -0.05) is 26.3 Å². The molecule has 2 aliphatic rings. The average molecular weight is 352 g/mol. The molecule has 0 radical (unpaired) electrons. The summed E-state index contributed by atoms with van der Waals surface area (Å²) in [5.74, 6) is -0.366. The number of ketones is 1. The highest BCUT2D eigenvalue weighted by atomic mass is 16.6. The predicted molar refractivity (Wildman–Crippen MR) is 95.4 cm³/mol. The van der Waals surface area contributed by atoms with Gasteiger partial charge in [-0.2, -0.15) is 0 Å². The fraction of sp³-hybridized carbons (Fsp3) is 0.800. The van der Waals surface area contributed by atoms with Crippen molar-refractivity contribution < 1.29 is 24.2 Å². The second-order valence-corrected chi connectivity index (χ2v) is 8.28. The SMILES string of the molecule is C/C(=C\C(=O)C(C)CCC[C@]1(C)OC[C@]2(C(=O)O)CC[C@H]1O2)C(C)C. The number of aliphatic carboxylic acids is 1. The lowest BCUT2D eigenvalue weighted by Crippen LogP contribution is -2.55. The summed E-state index contributed by atoms with van der Waals surface area (Å²) >= 11 is 0. The van der Waals surface area contributed by atoms with Crippen molar-refractivity contribution >= 4 is 11.8 Å². The van der Waals surface area contributed by atoms with Crippen molar-refractivity contribution in [3.05, 3.63) is 11.6 Å². The molecule has 0 saturated carbocycles. The summed E-state index contributed by atoms with van der Waals surface area (Å²) in [6.07, 6.45) is 5.26. The van der Waals surface area contributed by atoms with E-state index in [0.717, 1.165) is 24.8 Å². The molecule has 0 amide bonds. The molecule has 0 aromatic carbocycles. The second kappa shape index (κ2) is 7.58. The van der Waals surface area contributed by atoms with Crippen LogP contribution in [-0.4, -0.2) is 40.8 Å². The van der Waals surface area contributed by atoms with Crippen LogP contribution in [0.4, 0.5) is 0 Å². The minimum absolute atomic E-state index is 0.0107. The van der Waals surface area contributed by atoms with Crippen molar-refractivity contribution in [1.29, 1.82) is 0 Å². The lowest BCUT2D eigenvalue weighted by molar-refractivity contribution is -0.243. The molecule has 2 fully saturated rings. The fourth-order valence-electron chi connectivity index (χ4n) is 3.55. The molecule has 0 aliphatic carbocycles. The third-order valence-corrected chi connectivity index (χ3v) is 5.96. The highest BCUT2D eigenvalue weighted by molar-refractivity contribution is 5.92. The van der Waals surface area contributed by atoms with Crippen LogP contribution in [0, 0.1) is 11.8 Å². The van der Waals surface area contributed by atoms with Crippen LogP contribution in [0.5, 0.6) is 0 Å². The first-order chi connectivity index (χ1) is 11.6. The van der Waals surface area contributed by atoms with Gasteiger partial charge >= 0.3 is 5.97 Å². The maximum absolute atomic E-state index is 12.3. The van der Waals surface area contributed by atoms with Crippen LogP contribution < -0.4 is 0 Å². The topological polar surface area (TPSA) is 72.8 Å². The van der Waals surface area contributed by atoms with Crippen molar-refractivity contribution in [2.75, 3.05) is 6.61 Å². The van der Waals surface area contributed by atoms with Crippen LogP contribution >= 0.6 is 0 Å². The summed E-state index contributed by atoms with van der Waals surface area (Å²) < 4.78 is 11.8. The maximum Gasteiger partial charge on any atom is 0.338 e. The molecule has 5 heteroatoms. The minimum Gasteiger partial charge on any atom is -0.479 e. The molecule has 25 heavy (non-hydrogen) atoms. The summed E-state index contributed by atoms with van der Waals surface area (Å²) in [4.78, 5) is 23.7. The van der Waals surface area contributed by atoms with E-state index in [0.29, 0.717) is 18.8 Å². The number of carbonyl (C=O) groups excluding carboxylic acids is 1. The van der Waals surface area contributed by atoms with Gasteiger partial charge in [-0.15, -0.1) is 0 Å². The molecule has 5 nitrogen and oxygen atoms in total. The Labute approximate surface area is 150 Å². The van der Waals surface area contributed by atoms with E-state index in [1.165, 1.54) is 0 Å². The summed E-state index contributed by atoms with van der Waals surface area (Å²) in [6.45, 7) is 10.3. The zero-order valence-corrected chi connectivity index (χ0v) is 16.1. The van der Waals surface area contributed by atoms with E-state index in [9.17, 15) is 14.7 Å². The molecule has 2 saturated heterocycles. The zero-order chi connectivity index (χ0) is 18.8. The number of fused-ring (bicyclic) bond motifs is 2. The van der Waals surface area contributed by atoms with Crippen LogP contribution in [0.15, 0.2) is 11.6 Å². The van der Waals surface area contributed by atoms with Gasteiger partial charge in [0.1, 0.15) is 0 Å². The van der Waals surface area contributed by atoms with Gasteiger partial charge in [-0.3, -0.25) is 4.79 Å². The molecule has 2 heterocycles. The van der Waals surface area contributed by atoms with E-state index >= 15 is 0 Å². The fourth-order valence-corrected chi connectivity index (χ4v) is 3.55. The number of hydrogen-bond donors (Lipinski definition) is 1. The first kappa shape index (κ1) is 20.1. The van der Waals surface area contributed by atoms with E-state index in [1.807, 2.05) is 20.8 Å². The van der Waals surface area contributed by atoms with Gasteiger partial charge in [0.15, 0.2) is 11.4 Å². The first-order valence-corrected chi connectivity index (χ1v) is 9.37. The Balaban J connectivity index is 1.85. The summed E-state index contributed by atoms with van der Waals surface area (Å²) in [5, 5.41) is 9.36. The standard InChI is InChI=1S/C20H32O5/c1-13(2)15(4)11-16(21)14(3)7-6-9-19(5)17-8-10-20(25-17,12-24-19)18(22)23/h11,13-14,17H,6-10,12H2,1-5H3,(H,22,23)/b15-11+/t14?,17-,19+,20+/m1/s1. The highest BCUT2D eigenvalue weighted by Gasteiger charge is 2.57. The zero-order valence-electron chi connectivity index (χ0n) is 16.1. The minimum atomic E-state index is -1.15. The molecular weight excluding hydrogens is 320 g/mol. The molecule has 1 N–H and O–H groups in total. The van der Waals surface area contributed by atoms with Gasteiger partial charge in [0.2, 0.25) is 0 Å². The molecule has 0 spiro atoms. The Morgan fingerprint density at radius 1 is 1.32 bits per heavy atom. The Kier molecular flexibility index (Phi) is 6.10. The normalized spacial score (nSPS) is 33.5. The smallest absolute Gasteiger partial charge is 0.338 e. The third-order valence-electron chi connectivity index (χ3n) is 5.96. The van der Waals surface area contributed by atoms with Gasteiger partial charge in [-0.25, -0.2) is 4.79 Å². The molecule has 0 aromatic rings. The van der Waals surface area contributed by atoms with Gasteiger partial charge in [0.25, 0.3) is 0 Å². The molecule has 142 valence electrons. The number of ether oxygens (including phenoxy) is 2.